The van der Waals surface area contributed by atoms with Crippen LogP contribution in [0.1, 0.15) is 127 Å². The van der Waals surface area contributed by atoms with E-state index >= 15 is 0 Å². The van der Waals surface area contributed by atoms with Crippen molar-refractivity contribution < 1.29 is 29.0 Å². The van der Waals surface area contributed by atoms with E-state index in [1.165, 1.54) is 88.2 Å². The number of aryl methyl sites for hydroxylation is 1. The molecule has 2 saturated carbocycles. The van der Waals surface area contributed by atoms with Gasteiger partial charge in [0.15, 0.2) is 0 Å². The lowest BCUT2D eigenvalue weighted by Crippen LogP contribution is -2.28. The molecule has 0 aliphatic heterocycles. The molecule has 0 bridgehead atoms. The Morgan fingerprint density at radius 3 is 2.05 bits per heavy atom. The van der Waals surface area contributed by atoms with Gasteiger partial charge in [0, 0.05) is 11.1 Å². The Morgan fingerprint density at radius 1 is 0.864 bits per heavy atom. The minimum Gasteiger partial charge on any atom is -0.481 e. The third-order valence-electron chi connectivity index (χ3n) is 10.1. The third-order valence-corrected chi connectivity index (χ3v) is 10.1. The molecule has 2 aliphatic carbocycles. The second-order valence-electron chi connectivity index (χ2n) is 13.5. The average molecular weight is 609 g/mol. The van der Waals surface area contributed by atoms with Crippen LogP contribution in [0.2, 0.25) is 0 Å². The van der Waals surface area contributed by atoms with Crippen molar-refractivity contribution in [1.82, 2.24) is 0 Å². The summed E-state index contributed by atoms with van der Waals surface area (Å²) in [6.45, 7) is 11.5. The van der Waals surface area contributed by atoms with Crippen molar-refractivity contribution >= 4 is 17.9 Å². The zero-order valence-corrected chi connectivity index (χ0v) is 27.3. The van der Waals surface area contributed by atoms with Gasteiger partial charge in [0.05, 0.1) is 19.6 Å². The summed E-state index contributed by atoms with van der Waals surface area (Å²) in [6.07, 6.45) is 17.7. The van der Waals surface area contributed by atoms with Gasteiger partial charge in [-0.3, -0.25) is 4.79 Å². The number of rotatable bonds is 18. The van der Waals surface area contributed by atoms with Crippen LogP contribution >= 0.6 is 0 Å². The Kier molecular flexibility index (Phi) is 15.2. The van der Waals surface area contributed by atoms with Crippen LogP contribution in [0.5, 0.6) is 0 Å². The first-order chi connectivity index (χ1) is 21.2. The standard InChI is InChI=1S/C38H56O6/c1-5-6-7-8-29-11-17-32(18-12-29)33-19-13-30(14-20-33)9-10-31-15-21-34(22-16-31)35(26-44-37(41)27(2)3)23-24-43-38(42)28(4)25-36(39)40/h11-12,17-18,30-31,33-35H,2,4-10,13-16,19-26H2,1,3H3,(H,39,40). The number of hydrogen-bond donors (Lipinski definition) is 1. The molecule has 0 saturated heterocycles. The molecule has 1 aromatic carbocycles. The molecule has 2 fully saturated rings. The maximum atomic E-state index is 12.1. The van der Waals surface area contributed by atoms with E-state index in [4.69, 9.17) is 14.6 Å². The first-order valence-corrected chi connectivity index (χ1v) is 17.1. The largest absolute Gasteiger partial charge is 0.481 e. The second kappa shape index (κ2) is 18.8. The molecule has 0 aromatic heterocycles. The van der Waals surface area contributed by atoms with Crippen LogP contribution < -0.4 is 0 Å². The van der Waals surface area contributed by atoms with Crippen LogP contribution in [0.25, 0.3) is 0 Å². The molecule has 0 heterocycles. The van der Waals surface area contributed by atoms with Gasteiger partial charge in [-0.25, -0.2) is 9.59 Å². The molecule has 0 spiro atoms. The summed E-state index contributed by atoms with van der Waals surface area (Å²) < 4.78 is 10.8. The van der Waals surface area contributed by atoms with Gasteiger partial charge in [0.2, 0.25) is 0 Å². The minimum atomic E-state index is -1.11. The number of hydrogen-bond acceptors (Lipinski definition) is 5. The van der Waals surface area contributed by atoms with Crippen LogP contribution in [0.3, 0.4) is 0 Å². The summed E-state index contributed by atoms with van der Waals surface area (Å²) in [5.74, 6) is 0.607. The first-order valence-electron chi connectivity index (χ1n) is 17.1. The molecule has 2 aliphatic rings. The molecule has 1 aromatic rings. The first kappa shape index (κ1) is 35.6. The molecule has 1 unspecified atom stereocenters. The normalized spacial score (nSPS) is 22.5. The molecule has 244 valence electrons. The average Bonchev–Trinajstić information content (AvgIpc) is 3.02. The highest BCUT2D eigenvalue weighted by atomic mass is 16.5. The van der Waals surface area contributed by atoms with Crippen molar-refractivity contribution in [3.05, 3.63) is 59.7 Å². The Hall–Kier alpha value is -2.89. The molecule has 1 N–H and O–H groups in total. The Bertz CT molecular complexity index is 1070. The number of benzene rings is 1. The molecule has 6 heteroatoms. The fourth-order valence-corrected chi connectivity index (χ4v) is 7.16. The number of carbonyl (C=O) groups excluding carboxylic acids is 2. The predicted molar refractivity (Wildman–Crippen MR) is 175 cm³/mol. The Morgan fingerprint density at radius 2 is 1.48 bits per heavy atom. The number of carboxylic acid groups (broad SMARTS) is 1. The smallest absolute Gasteiger partial charge is 0.333 e. The van der Waals surface area contributed by atoms with Crippen LogP contribution in [0.15, 0.2) is 48.6 Å². The SMILES string of the molecule is C=C(C)C(=O)OCC(CCOC(=O)C(=C)CC(=O)O)C1CCC(CCC2CCC(c3ccc(CCCCC)cc3)CC2)CC1. The molecule has 6 nitrogen and oxygen atoms in total. The fraction of sp³-hybridized carbons (Fsp3) is 0.658. The van der Waals surface area contributed by atoms with E-state index in [2.05, 4.69) is 44.3 Å². The van der Waals surface area contributed by atoms with Crippen molar-refractivity contribution in [1.29, 1.82) is 0 Å². The maximum Gasteiger partial charge on any atom is 0.333 e. The number of ether oxygens (including phenoxy) is 2. The van der Waals surface area contributed by atoms with E-state index < -0.39 is 24.3 Å². The Balaban J connectivity index is 1.39. The number of unbranched alkanes of at least 4 members (excludes halogenated alkanes) is 2. The van der Waals surface area contributed by atoms with Gasteiger partial charge in [-0.1, -0.05) is 82.9 Å². The molecule has 0 amide bonds. The van der Waals surface area contributed by atoms with Gasteiger partial charge in [-0.05, 0) is 105 Å². The predicted octanol–water partition coefficient (Wildman–Crippen LogP) is 8.98. The number of esters is 2. The molecular weight excluding hydrogens is 552 g/mol. The van der Waals surface area contributed by atoms with Gasteiger partial charge in [0.1, 0.15) is 0 Å². The highest BCUT2D eigenvalue weighted by Gasteiger charge is 2.30. The second-order valence-corrected chi connectivity index (χ2v) is 13.5. The molecule has 44 heavy (non-hydrogen) atoms. The Labute approximate surface area is 265 Å². The zero-order valence-electron chi connectivity index (χ0n) is 27.3. The maximum absolute atomic E-state index is 12.1. The lowest BCUT2D eigenvalue weighted by atomic mass is 9.72. The molecular formula is C38H56O6. The van der Waals surface area contributed by atoms with E-state index in [0.29, 0.717) is 17.9 Å². The van der Waals surface area contributed by atoms with Gasteiger partial charge < -0.3 is 14.6 Å². The van der Waals surface area contributed by atoms with Crippen LogP contribution in [-0.4, -0.2) is 36.2 Å². The van der Waals surface area contributed by atoms with E-state index in [1.54, 1.807) is 6.92 Å². The van der Waals surface area contributed by atoms with Crippen molar-refractivity contribution in [2.24, 2.45) is 23.7 Å². The van der Waals surface area contributed by atoms with Gasteiger partial charge in [0.25, 0.3) is 0 Å². The van der Waals surface area contributed by atoms with Crippen LogP contribution in [0, 0.1) is 23.7 Å². The monoisotopic (exact) mass is 608 g/mol. The lowest BCUT2D eigenvalue weighted by molar-refractivity contribution is -0.144. The third kappa shape index (κ3) is 12.2. The summed E-state index contributed by atoms with van der Waals surface area (Å²) in [5.41, 5.74) is 3.31. The van der Waals surface area contributed by atoms with Gasteiger partial charge in [-0.15, -0.1) is 0 Å². The summed E-state index contributed by atoms with van der Waals surface area (Å²) >= 11 is 0. The molecule has 1 atom stereocenters. The van der Waals surface area contributed by atoms with Crippen molar-refractivity contribution in [2.45, 2.75) is 122 Å². The van der Waals surface area contributed by atoms with E-state index in [-0.39, 0.29) is 24.7 Å². The lowest BCUT2D eigenvalue weighted by Gasteiger charge is -2.35. The van der Waals surface area contributed by atoms with Crippen molar-refractivity contribution in [3.63, 3.8) is 0 Å². The topological polar surface area (TPSA) is 89.9 Å². The summed E-state index contributed by atoms with van der Waals surface area (Å²) in [5, 5.41) is 8.88. The number of carbonyl (C=O) groups is 3. The quantitative estimate of drug-likeness (QED) is 0.102. The highest BCUT2D eigenvalue weighted by molar-refractivity contribution is 5.92. The summed E-state index contributed by atoms with van der Waals surface area (Å²) in [7, 11) is 0. The zero-order chi connectivity index (χ0) is 31.9. The fourth-order valence-electron chi connectivity index (χ4n) is 7.16. The van der Waals surface area contributed by atoms with E-state index in [9.17, 15) is 14.4 Å². The van der Waals surface area contributed by atoms with Crippen molar-refractivity contribution in [3.8, 4) is 0 Å². The summed E-state index contributed by atoms with van der Waals surface area (Å²) in [6, 6.07) is 9.48. The summed E-state index contributed by atoms with van der Waals surface area (Å²) in [4.78, 5) is 35.0. The minimum absolute atomic E-state index is 0.0661. The van der Waals surface area contributed by atoms with Crippen LogP contribution in [0.4, 0.5) is 0 Å². The van der Waals surface area contributed by atoms with Crippen molar-refractivity contribution in [2.75, 3.05) is 13.2 Å². The highest BCUT2D eigenvalue weighted by Crippen LogP contribution is 2.41. The number of carboxylic acids is 1. The molecule has 3 rings (SSSR count). The van der Waals surface area contributed by atoms with E-state index in [1.807, 2.05) is 0 Å². The number of aliphatic carboxylic acids is 1. The molecule has 0 radical (unpaired) electrons. The van der Waals surface area contributed by atoms with E-state index in [0.717, 1.165) is 30.6 Å². The van der Waals surface area contributed by atoms with Gasteiger partial charge >= 0.3 is 17.9 Å². The van der Waals surface area contributed by atoms with Crippen LogP contribution in [-0.2, 0) is 30.3 Å². The van der Waals surface area contributed by atoms with Gasteiger partial charge in [-0.2, -0.15) is 0 Å².